The summed E-state index contributed by atoms with van der Waals surface area (Å²) in [6.45, 7) is 6.91. The summed E-state index contributed by atoms with van der Waals surface area (Å²) in [5.41, 5.74) is 8.36. The number of fused-ring (bicyclic) bond motifs is 9. The second-order valence-corrected chi connectivity index (χ2v) is 12.9. The molecule has 41 heavy (non-hydrogen) atoms. The van der Waals surface area contributed by atoms with Crippen molar-refractivity contribution in [2.24, 2.45) is 0 Å². The Morgan fingerprint density at radius 3 is 1.88 bits per heavy atom. The first kappa shape index (κ1) is 24.2. The van der Waals surface area contributed by atoms with Crippen molar-refractivity contribution >= 4 is 64.1 Å². The highest BCUT2D eigenvalue weighted by Gasteiger charge is 2.20. The topological polar surface area (TPSA) is 25.8 Å². The molecule has 0 bridgehead atoms. The minimum atomic E-state index is 0.0949. The van der Waals surface area contributed by atoms with Crippen molar-refractivity contribution < 1.29 is 0 Å². The van der Waals surface area contributed by atoms with Crippen LogP contribution in [0.5, 0.6) is 0 Å². The Balaban J connectivity index is 1.32. The molecule has 3 heteroatoms. The van der Waals surface area contributed by atoms with E-state index in [1.54, 1.807) is 12.4 Å². The molecule has 0 amide bonds. The van der Waals surface area contributed by atoms with Crippen molar-refractivity contribution in [3.05, 3.63) is 121 Å². The Morgan fingerprint density at radius 1 is 0.488 bits per heavy atom. The highest BCUT2D eigenvalue weighted by atomic mass is 32.1. The van der Waals surface area contributed by atoms with E-state index in [9.17, 15) is 0 Å². The minimum Gasteiger partial charge on any atom is -0.252 e. The largest absolute Gasteiger partial charge is 0.252 e. The summed E-state index contributed by atoms with van der Waals surface area (Å²) in [5.74, 6) is 0. The predicted molar refractivity (Wildman–Crippen MR) is 177 cm³/mol. The number of thiophene rings is 1. The van der Waals surface area contributed by atoms with E-state index in [1.165, 1.54) is 58.8 Å². The molecular formula is C38H28N2S. The van der Waals surface area contributed by atoms with Gasteiger partial charge in [-0.2, -0.15) is 0 Å². The molecule has 2 nitrogen and oxygen atoms in total. The Bertz CT molecular complexity index is 2270. The van der Waals surface area contributed by atoms with Crippen LogP contribution in [-0.2, 0) is 5.41 Å². The van der Waals surface area contributed by atoms with E-state index in [0.717, 1.165) is 21.8 Å². The third-order valence-corrected chi connectivity index (χ3v) is 9.57. The van der Waals surface area contributed by atoms with Crippen LogP contribution in [0.2, 0.25) is 0 Å². The number of hydrogen-bond donors (Lipinski definition) is 0. The van der Waals surface area contributed by atoms with Crippen molar-refractivity contribution in [3.8, 4) is 22.3 Å². The number of aromatic nitrogens is 2. The highest BCUT2D eigenvalue weighted by molar-refractivity contribution is 7.26. The summed E-state index contributed by atoms with van der Waals surface area (Å²) in [5, 5.41) is 7.38. The van der Waals surface area contributed by atoms with Gasteiger partial charge in [0.05, 0.1) is 11.0 Å². The normalized spacial score (nSPS) is 12.3. The predicted octanol–water partition coefficient (Wildman–Crippen LogP) is 10.9. The van der Waals surface area contributed by atoms with Gasteiger partial charge in [0, 0.05) is 43.3 Å². The van der Waals surface area contributed by atoms with Gasteiger partial charge in [-0.25, -0.2) is 0 Å². The van der Waals surface area contributed by atoms with Gasteiger partial charge < -0.3 is 0 Å². The van der Waals surface area contributed by atoms with Crippen LogP contribution in [0.4, 0.5) is 0 Å². The Morgan fingerprint density at radius 2 is 1.10 bits per heavy atom. The summed E-state index contributed by atoms with van der Waals surface area (Å²) in [4.78, 5) is 9.41. The van der Waals surface area contributed by atoms with Gasteiger partial charge in [0.1, 0.15) is 0 Å². The monoisotopic (exact) mass is 544 g/mol. The van der Waals surface area contributed by atoms with Crippen LogP contribution < -0.4 is 0 Å². The van der Waals surface area contributed by atoms with Crippen LogP contribution in [0.1, 0.15) is 26.3 Å². The Labute approximate surface area is 242 Å². The van der Waals surface area contributed by atoms with E-state index in [-0.39, 0.29) is 5.41 Å². The molecule has 8 rings (SSSR count). The molecule has 2 heterocycles. The van der Waals surface area contributed by atoms with Crippen LogP contribution in [0.3, 0.4) is 0 Å². The summed E-state index contributed by atoms with van der Waals surface area (Å²) in [7, 11) is 0. The first-order valence-electron chi connectivity index (χ1n) is 14.1. The molecule has 196 valence electrons. The molecule has 0 aliphatic carbocycles. The molecule has 0 N–H and O–H groups in total. The second kappa shape index (κ2) is 8.95. The van der Waals surface area contributed by atoms with Crippen LogP contribution in [-0.4, -0.2) is 9.97 Å². The van der Waals surface area contributed by atoms with Gasteiger partial charge in [-0.3, -0.25) is 9.97 Å². The number of rotatable bonds is 2. The lowest BCUT2D eigenvalue weighted by Gasteiger charge is -2.19. The van der Waals surface area contributed by atoms with Gasteiger partial charge in [-0.15, -0.1) is 11.3 Å². The highest BCUT2D eigenvalue weighted by Crippen LogP contribution is 2.44. The smallest absolute Gasteiger partial charge is 0.0971 e. The average molecular weight is 545 g/mol. The minimum absolute atomic E-state index is 0.0949. The average Bonchev–Trinajstić information content (AvgIpc) is 3.39. The fourth-order valence-corrected chi connectivity index (χ4v) is 7.87. The standard InChI is InChI=1S/C38H28N2S/c1-38(2,3)33-16-8-15-31-30-14-7-13-26(36(30)41-37(31)33)25-10-6-9-23(21-25)24-17-18-29-32(22-24)27-11-4-5-12-28(27)34-35(29)40-20-19-39-34/h4-22H,1-3H3. The maximum Gasteiger partial charge on any atom is 0.0971 e. The third-order valence-electron chi connectivity index (χ3n) is 8.28. The molecule has 0 aliphatic heterocycles. The van der Waals surface area contributed by atoms with Crippen molar-refractivity contribution in [1.29, 1.82) is 0 Å². The molecule has 2 aromatic heterocycles. The first-order valence-corrected chi connectivity index (χ1v) is 14.9. The lowest BCUT2D eigenvalue weighted by atomic mass is 9.86. The fourth-order valence-electron chi connectivity index (χ4n) is 6.31. The zero-order chi connectivity index (χ0) is 27.7. The zero-order valence-corrected chi connectivity index (χ0v) is 24.1. The van der Waals surface area contributed by atoms with E-state index < -0.39 is 0 Å². The maximum absolute atomic E-state index is 4.72. The number of benzene rings is 6. The van der Waals surface area contributed by atoms with Gasteiger partial charge >= 0.3 is 0 Å². The molecule has 8 aromatic rings. The van der Waals surface area contributed by atoms with Crippen molar-refractivity contribution in [2.45, 2.75) is 26.2 Å². The van der Waals surface area contributed by atoms with Gasteiger partial charge in [-0.05, 0) is 56.1 Å². The number of nitrogens with zero attached hydrogens (tertiary/aromatic N) is 2. The second-order valence-electron chi connectivity index (χ2n) is 11.9. The molecule has 0 saturated heterocycles. The van der Waals surface area contributed by atoms with E-state index >= 15 is 0 Å². The van der Waals surface area contributed by atoms with Crippen LogP contribution in [0.25, 0.3) is 75.0 Å². The summed E-state index contributed by atoms with van der Waals surface area (Å²) >= 11 is 1.93. The molecule has 0 saturated carbocycles. The van der Waals surface area contributed by atoms with Crippen molar-refractivity contribution in [2.75, 3.05) is 0 Å². The lowest BCUT2D eigenvalue weighted by molar-refractivity contribution is 0.597. The molecule has 0 unspecified atom stereocenters. The van der Waals surface area contributed by atoms with E-state index in [2.05, 4.69) is 129 Å². The summed E-state index contributed by atoms with van der Waals surface area (Å²) < 4.78 is 2.75. The van der Waals surface area contributed by atoms with Crippen molar-refractivity contribution in [3.63, 3.8) is 0 Å². The lowest BCUT2D eigenvalue weighted by Crippen LogP contribution is -2.10. The molecule has 0 radical (unpaired) electrons. The van der Waals surface area contributed by atoms with E-state index in [0.29, 0.717) is 0 Å². The molecule has 0 spiro atoms. The van der Waals surface area contributed by atoms with E-state index in [1.807, 2.05) is 11.3 Å². The zero-order valence-electron chi connectivity index (χ0n) is 23.3. The molecule has 0 atom stereocenters. The molecule has 6 aromatic carbocycles. The first-order chi connectivity index (χ1) is 20.0. The Hall–Kier alpha value is -4.60. The van der Waals surface area contributed by atoms with Gasteiger partial charge in [0.25, 0.3) is 0 Å². The van der Waals surface area contributed by atoms with E-state index in [4.69, 9.17) is 4.98 Å². The SMILES string of the molecule is CC(C)(C)c1cccc2c1sc1c(-c3cccc(-c4ccc5c(c4)c4ccccc4c4nccnc54)c3)cccc12. The molecular weight excluding hydrogens is 516 g/mol. The quantitative estimate of drug-likeness (QED) is 0.202. The van der Waals surface area contributed by atoms with Crippen molar-refractivity contribution in [1.82, 2.24) is 9.97 Å². The fraction of sp³-hybridized carbons (Fsp3) is 0.105. The molecule has 0 aliphatic rings. The third kappa shape index (κ3) is 3.77. The maximum atomic E-state index is 4.72. The summed E-state index contributed by atoms with van der Waals surface area (Å²) in [6.07, 6.45) is 3.56. The van der Waals surface area contributed by atoms with Crippen LogP contribution >= 0.6 is 11.3 Å². The summed E-state index contributed by atoms with van der Waals surface area (Å²) in [6, 6.07) is 37.8. The van der Waals surface area contributed by atoms with Crippen LogP contribution in [0, 0.1) is 0 Å². The number of hydrogen-bond acceptors (Lipinski definition) is 3. The van der Waals surface area contributed by atoms with Crippen LogP contribution in [0.15, 0.2) is 116 Å². The molecule has 0 fully saturated rings. The van der Waals surface area contributed by atoms with Gasteiger partial charge in [0.15, 0.2) is 0 Å². The van der Waals surface area contributed by atoms with Gasteiger partial charge in [-0.1, -0.05) is 112 Å². The van der Waals surface area contributed by atoms with Gasteiger partial charge in [0.2, 0.25) is 0 Å². The Kier molecular flexibility index (Phi) is 5.29.